The maximum Gasteiger partial charge on any atom is 0.0161 e. The molecule has 2 unspecified atom stereocenters. The molecule has 1 heterocycles. The van der Waals surface area contributed by atoms with Gasteiger partial charge in [-0.2, -0.15) is 11.8 Å². The van der Waals surface area contributed by atoms with Gasteiger partial charge in [0.25, 0.3) is 0 Å². The van der Waals surface area contributed by atoms with Crippen LogP contribution in [-0.4, -0.2) is 41.6 Å². The average molecular weight is 202 g/mol. The molecule has 3 heteroatoms. The topological polar surface area (TPSA) is 29.3 Å². The number of thioether (sulfide) groups is 1. The fourth-order valence-electron chi connectivity index (χ4n) is 1.97. The van der Waals surface area contributed by atoms with Crippen molar-refractivity contribution in [3.05, 3.63) is 0 Å². The van der Waals surface area contributed by atoms with Crippen molar-refractivity contribution in [2.24, 2.45) is 5.73 Å². The number of hydrogen-bond donors (Lipinski definition) is 1. The van der Waals surface area contributed by atoms with Crippen LogP contribution in [0.5, 0.6) is 0 Å². The Hall–Kier alpha value is 0.270. The van der Waals surface area contributed by atoms with Crippen LogP contribution < -0.4 is 5.73 Å². The number of hydrogen-bond acceptors (Lipinski definition) is 3. The third kappa shape index (κ3) is 3.49. The van der Waals surface area contributed by atoms with Crippen LogP contribution >= 0.6 is 11.8 Å². The first kappa shape index (κ1) is 11.3. The summed E-state index contributed by atoms with van der Waals surface area (Å²) in [5.41, 5.74) is 5.52. The molecular weight excluding hydrogens is 180 g/mol. The van der Waals surface area contributed by atoms with E-state index < -0.39 is 0 Å². The standard InChI is InChI=1S/C10H22N2S/c1-9(4-3-5-11)12-6-7-13-8-10(12)2/h9-10H,3-8,11H2,1-2H3. The van der Waals surface area contributed by atoms with Gasteiger partial charge in [-0.1, -0.05) is 0 Å². The van der Waals surface area contributed by atoms with Gasteiger partial charge < -0.3 is 5.73 Å². The van der Waals surface area contributed by atoms with E-state index in [0.717, 1.165) is 25.0 Å². The van der Waals surface area contributed by atoms with Crippen LogP contribution in [0.2, 0.25) is 0 Å². The lowest BCUT2D eigenvalue weighted by molar-refractivity contribution is 0.163. The van der Waals surface area contributed by atoms with Crippen molar-refractivity contribution in [1.29, 1.82) is 0 Å². The van der Waals surface area contributed by atoms with Crippen molar-refractivity contribution < 1.29 is 0 Å². The molecule has 1 aliphatic rings. The number of rotatable bonds is 4. The van der Waals surface area contributed by atoms with Crippen LogP contribution in [-0.2, 0) is 0 Å². The first-order valence-corrected chi connectivity index (χ1v) is 6.44. The fraction of sp³-hybridized carbons (Fsp3) is 1.00. The van der Waals surface area contributed by atoms with Crippen molar-refractivity contribution in [3.63, 3.8) is 0 Å². The van der Waals surface area contributed by atoms with Gasteiger partial charge in [-0.25, -0.2) is 0 Å². The Morgan fingerprint density at radius 3 is 3.00 bits per heavy atom. The third-order valence-corrected chi connectivity index (χ3v) is 4.00. The molecular formula is C10H22N2S. The van der Waals surface area contributed by atoms with Crippen molar-refractivity contribution >= 4 is 11.8 Å². The fourth-order valence-corrected chi connectivity index (χ4v) is 3.01. The zero-order valence-corrected chi connectivity index (χ0v) is 9.65. The normalized spacial score (nSPS) is 27.5. The first-order chi connectivity index (χ1) is 6.25. The smallest absolute Gasteiger partial charge is 0.0161 e. The van der Waals surface area contributed by atoms with Crippen molar-refractivity contribution in [2.75, 3.05) is 24.6 Å². The highest BCUT2D eigenvalue weighted by Crippen LogP contribution is 2.20. The second kappa shape index (κ2) is 5.89. The number of nitrogens with zero attached hydrogens (tertiary/aromatic N) is 1. The average Bonchev–Trinajstić information content (AvgIpc) is 2.15. The minimum absolute atomic E-state index is 0.722. The summed E-state index contributed by atoms with van der Waals surface area (Å²) >= 11 is 2.08. The molecule has 13 heavy (non-hydrogen) atoms. The van der Waals surface area contributed by atoms with Crippen LogP contribution in [0.25, 0.3) is 0 Å². The van der Waals surface area contributed by atoms with Crippen LogP contribution in [0.1, 0.15) is 26.7 Å². The Kier molecular flexibility index (Phi) is 5.14. The summed E-state index contributed by atoms with van der Waals surface area (Å²) < 4.78 is 0. The van der Waals surface area contributed by atoms with E-state index in [-0.39, 0.29) is 0 Å². The second-order valence-corrected chi connectivity index (χ2v) is 5.09. The Balaban J connectivity index is 2.30. The van der Waals surface area contributed by atoms with Crippen molar-refractivity contribution in [3.8, 4) is 0 Å². The van der Waals surface area contributed by atoms with Crippen LogP contribution in [0, 0.1) is 0 Å². The highest BCUT2D eigenvalue weighted by Gasteiger charge is 2.22. The molecule has 2 atom stereocenters. The van der Waals surface area contributed by atoms with E-state index in [1.807, 2.05) is 0 Å². The van der Waals surface area contributed by atoms with Gasteiger partial charge in [0.1, 0.15) is 0 Å². The summed E-state index contributed by atoms with van der Waals surface area (Å²) in [5, 5.41) is 0. The molecule has 0 aromatic rings. The predicted octanol–water partition coefficient (Wildman–Crippen LogP) is 1.55. The summed E-state index contributed by atoms with van der Waals surface area (Å²) in [5.74, 6) is 2.60. The lowest BCUT2D eigenvalue weighted by atomic mass is 10.1. The lowest BCUT2D eigenvalue weighted by Gasteiger charge is -2.37. The predicted molar refractivity (Wildman–Crippen MR) is 61.2 cm³/mol. The molecule has 0 bridgehead atoms. The molecule has 2 N–H and O–H groups in total. The minimum atomic E-state index is 0.722. The number of nitrogens with two attached hydrogens (primary N) is 1. The maximum atomic E-state index is 5.52. The van der Waals surface area contributed by atoms with E-state index in [1.165, 1.54) is 24.5 Å². The van der Waals surface area contributed by atoms with E-state index in [4.69, 9.17) is 5.73 Å². The zero-order valence-electron chi connectivity index (χ0n) is 8.83. The first-order valence-electron chi connectivity index (χ1n) is 5.29. The van der Waals surface area contributed by atoms with Gasteiger partial charge in [0.15, 0.2) is 0 Å². The quantitative estimate of drug-likeness (QED) is 0.750. The summed E-state index contributed by atoms with van der Waals surface area (Å²) in [4.78, 5) is 2.63. The summed E-state index contributed by atoms with van der Waals surface area (Å²) in [6.07, 6.45) is 2.42. The van der Waals surface area contributed by atoms with Crippen LogP contribution in [0.15, 0.2) is 0 Å². The highest BCUT2D eigenvalue weighted by molar-refractivity contribution is 7.99. The maximum absolute atomic E-state index is 5.52. The lowest BCUT2D eigenvalue weighted by Crippen LogP contribution is -2.45. The summed E-state index contributed by atoms with van der Waals surface area (Å²) in [6, 6.07) is 1.48. The monoisotopic (exact) mass is 202 g/mol. The van der Waals surface area contributed by atoms with Gasteiger partial charge >= 0.3 is 0 Å². The summed E-state index contributed by atoms with van der Waals surface area (Å²) in [6.45, 7) is 6.77. The Labute approximate surface area is 86.2 Å². The molecule has 1 aliphatic heterocycles. The molecule has 0 saturated carbocycles. The van der Waals surface area contributed by atoms with E-state index >= 15 is 0 Å². The van der Waals surface area contributed by atoms with Crippen LogP contribution in [0.4, 0.5) is 0 Å². The largest absolute Gasteiger partial charge is 0.330 e. The van der Waals surface area contributed by atoms with Gasteiger partial charge in [0, 0.05) is 30.1 Å². The molecule has 0 aromatic carbocycles. The van der Waals surface area contributed by atoms with Crippen molar-refractivity contribution in [1.82, 2.24) is 4.90 Å². The van der Waals surface area contributed by atoms with E-state index in [9.17, 15) is 0 Å². The molecule has 0 aromatic heterocycles. The minimum Gasteiger partial charge on any atom is -0.330 e. The van der Waals surface area contributed by atoms with E-state index in [1.54, 1.807) is 0 Å². The second-order valence-electron chi connectivity index (χ2n) is 3.94. The Morgan fingerprint density at radius 2 is 2.38 bits per heavy atom. The summed E-state index contributed by atoms with van der Waals surface area (Å²) in [7, 11) is 0. The molecule has 1 rings (SSSR count). The molecule has 0 amide bonds. The molecule has 78 valence electrons. The molecule has 0 spiro atoms. The Morgan fingerprint density at radius 1 is 1.62 bits per heavy atom. The third-order valence-electron chi connectivity index (χ3n) is 2.81. The highest BCUT2D eigenvalue weighted by atomic mass is 32.2. The SMILES string of the molecule is CC(CCCN)N1CCSCC1C. The van der Waals surface area contributed by atoms with Gasteiger partial charge in [0.2, 0.25) is 0 Å². The van der Waals surface area contributed by atoms with Gasteiger partial charge in [-0.3, -0.25) is 4.90 Å². The van der Waals surface area contributed by atoms with Gasteiger partial charge in [0.05, 0.1) is 0 Å². The van der Waals surface area contributed by atoms with Gasteiger partial charge in [-0.05, 0) is 33.2 Å². The van der Waals surface area contributed by atoms with Gasteiger partial charge in [-0.15, -0.1) is 0 Å². The molecule has 2 nitrogen and oxygen atoms in total. The van der Waals surface area contributed by atoms with Crippen molar-refractivity contribution in [2.45, 2.75) is 38.8 Å². The molecule has 1 fully saturated rings. The molecule has 1 saturated heterocycles. The van der Waals surface area contributed by atoms with E-state index in [2.05, 4.69) is 30.5 Å². The molecule has 0 aliphatic carbocycles. The zero-order chi connectivity index (χ0) is 9.68. The van der Waals surface area contributed by atoms with Crippen LogP contribution in [0.3, 0.4) is 0 Å². The molecule has 0 radical (unpaired) electrons. The van der Waals surface area contributed by atoms with E-state index in [0.29, 0.717) is 0 Å². The Bertz CT molecular complexity index is 141.